The molecule has 0 fully saturated rings. The van der Waals surface area contributed by atoms with Gasteiger partial charge in [0.1, 0.15) is 12.4 Å². The van der Waals surface area contributed by atoms with Crippen LogP contribution in [0.15, 0.2) is 71.6 Å². The molecule has 2 N–H and O–H groups in total. The van der Waals surface area contributed by atoms with E-state index in [1.54, 1.807) is 31.2 Å². The third-order valence-corrected chi connectivity index (χ3v) is 6.82. The van der Waals surface area contributed by atoms with Crippen LogP contribution in [0.3, 0.4) is 0 Å². The molecule has 0 aromatic heterocycles. The number of rotatable bonds is 9. The van der Waals surface area contributed by atoms with Gasteiger partial charge in [0.05, 0.1) is 17.1 Å². The van der Waals surface area contributed by atoms with Crippen LogP contribution < -0.4 is 14.8 Å². The smallest absolute Gasteiger partial charge is 0.262 e. The average molecular weight is 467 g/mol. The van der Waals surface area contributed by atoms with Gasteiger partial charge in [-0.25, -0.2) is 8.42 Å². The number of nitrogens with one attached hydrogen (secondary N) is 2. The van der Waals surface area contributed by atoms with E-state index in [0.717, 1.165) is 16.9 Å². The first-order chi connectivity index (χ1) is 15.7. The van der Waals surface area contributed by atoms with Crippen molar-refractivity contribution < 1.29 is 17.9 Å². The molecule has 0 aliphatic carbocycles. The van der Waals surface area contributed by atoms with Gasteiger partial charge < -0.3 is 10.1 Å². The molecule has 33 heavy (non-hydrogen) atoms. The predicted octanol–water partition coefficient (Wildman–Crippen LogP) is 5.04. The number of sulfonamides is 1. The number of amides is 1. The van der Waals surface area contributed by atoms with Gasteiger partial charge in [0.25, 0.3) is 15.9 Å². The number of carbonyl (C=O) groups is 1. The first-order valence-corrected chi connectivity index (χ1v) is 12.4. The second-order valence-corrected chi connectivity index (χ2v) is 9.85. The molecule has 0 aliphatic heterocycles. The minimum atomic E-state index is -3.85. The Kier molecular flexibility index (Phi) is 7.76. The number of benzene rings is 3. The van der Waals surface area contributed by atoms with E-state index in [1.807, 2.05) is 43.3 Å². The Labute approximate surface area is 196 Å². The molecule has 0 spiro atoms. The highest BCUT2D eigenvalue weighted by Gasteiger charge is 2.20. The van der Waals surface area contributed by atoms with Gasteiger partial charge in [0.15, 0.2) is 0 Å². The van der Waals surface area contributed by atoms with Crippen LogP contribution in [0.5, 0.6) is 5.75 Å². The van der Waals surface area contributed by atoms with E-state index in [0.29, 0.717) is 30.3 Å². The molecule has 0 radical (unpaired) electrons. The van der Waals surface area contributed by atoms with Crippen LogP contribution >= 0.6 is 0 Å². The average Bonchev–Trinajstić information content (AvgIpc) is 2.78. The van der Waals surface area contributed by atoms with E-state index in [-0.39, 0.29) is 16.4 Å². The van der Waals surface area contributed by atoms with Gasteiger partial charge in [-0.05, 0) is 60.7 Å². The van der Waals surface area contributed by atoms with Crippen LogP contribution in [0.25, 0.3) is 0 Å². The molecule has 0 bridgehead atoms. The minimum absolute atomic E-state index is 0.0699. The quantitative estimate of drug-likeness (QED) is 0.433. The van der Waals surface area contributed by atoms with Crippen molar-refractivity contribution in [3.05, 3.63) is 89.0 Å². The Morgan fingerprint density at radius 3 is 2.36 bits per heavy atom. The summed E-state index contributed by atoms with van der Waals surface area (Å²) in [6.45, 7) is 8.33. The maximum absolute atomic E-state index is 13.0. The molecule has 0 saturated heterocycles. The van der Waals surface area contributed by atoms with Crippen LogP contribution in [-0.2, 0) is 10.0 Å². The van der Waals surface area contributed by atoms with Crippen LogP contribution in [0.4, 0.5) is 5.69 Å². The van der Waals surface area contributed by atoms with E-state index in [4.69, 9.17) is 4.74 Å². The first kappa shape index (κ1) is 24.3. The number of hydrogen-bond donors (Lipinski definition) is 2. The molecule has 0 heterocycles. The van der Waals surface area contributed by atoms with Gasteiger partial charge in [-0.15, -0.1) is 0 Å². The Balaban J connectivity index is 1.66. The summed E-state index contributed by atoms with van der Waals surface area (Å²) in [5.74, 6) is 0.771. The van der Waals surface area contributed by atoms with Crippen molar-refractivity contribution in [3.8, 4) is 5.75 Å². The van der Waals surface area contributed by atoms with Crippen LogP contribution in [-0.4, -0.2) is 27.5 Å². The lowest BCUT2D eigenvalue weighted by Crippen LogP contribution is -2.28. The number of carbonyl (C=O) groups excluding carboxylic acids is 1. The molecule has 0 atom stereocenters. The second kappa shape index (κ2) is 10.5. The van der Waals surface area contributed by atoms with Gasteiger partial charge in [0, 0.05) is 5.56 Å². The first-order valence-electron chi connectivity index (χ1n) is 10.9. The minimum Gasteiger partial charge on any atom is -0.491 e. The standard InChI is InChI=1S/C26H30N2O4S/c1-18(2)22-10-6-8-12-24(22)32-16-15-27-26(29)21-14-13-20(4)25(17-21)33(30,31)28-23-11-7-5-9-19(23)3/h5-14,17-18,28H,15-16H2,1-4H3,(H,27,29). The second-order valence-electron chi connectivity index (χ2n) is 8.20. The normalized spacial score (nSPS) is 11.3. The van der Waals surface area contributed by atoms with Crippen LogP contribution in [0.2, 0.25) is 0 Å². The van der Waals surface area contributed by atoms with Crippen molar-refractivity contribution in [1.82, 2.24) is 5.32 Å². The van der Waals surface area contributed by atoms with Gasteiger partial charge in [-0.2, -0.15) is 0 Å². The summed E-state index contributed by atoms with van der Waals surface area (Å²) in [6.07, 6.45) is 0. The topological polar surface area (TPSA) is 84.5 Å². The maximum atomic E-state index is 13.0. The molecular weight excluding hydrogens is 436 g/mol. The summed E-state index contributed by atoms with van der Waals surface area (Å²) in [5.41, 5.74) is 3.25. The van der Waals surface area contributed by atoms with Gasteiger partial charge in [-0.1, -0.05) is 56.3 Å². The third-order valence-electron chi connectivity index (χ3n) is 5.32. The summed E-state index contributed by atoms with van der Waals surface area (Å²) in [7, 11) is -3.85. The largest absolute Gasteiger partial charge is 0.491 e. The molecule has 0 saturated carbocycles. The van der Waals surface area contributed by atoms with Crippen molar-refractivity contribution in [2.45, 2.75) is 38.5 Å². The fourth-order valence-corrected chi connectivity index (χ4v) is 4.84. The van der Waals surface area contributed by atoms with Crippen LogP contribution in [0.1, 0.15) is 46.8 Å². The third kappa shape index (κ3) is 6.14. The van der Waals surface area contributed by atoms with Gasteiger partial charge in [-0.3, -0.25) is 9.52 Å². The highest BCUT2D eigenvalue weighted by Crippen LogP contribution is 2.26. The molecule has 174 valence electrons. The van der Waals surface area contributed by atoms with E-state index in [9.17, 15) is 13.2 Å². The summed E-state index contributed by atoms with van der Waals surface area (Å²) in [5, 5.41) is 2.80. The summed E-state index contributed by atoms with van der Waals surface area (Å²) < 4.78 is 34.4. The Morgan fingerprint density at radius 1 is 0.939 bits per heavy atom. The van der Waals surface area contributed by atoms with Crippen molar-refractivity contribution in [3.63, 3.8) is 0 Å². The highest BCUT2D eigenvalue weighted by atomic mass is 32.2. The number of ether oxygens (including phenoxy) is 1. The zero-order chi connectivity index (χ0) is 24.0. The van der Waals surface area contributed by atoms with Crippen molar-refractivity contribution in [1.29, 1.82) is 0 Å². The molecule has 3 aromatic carbocycles. The van der Waals surface area contributed by atoms with Gasteiger partial charge in [0.2, 0.25) is 0 Å². The van der Waals surface area contributed by atoms with E-state index < -0.39 is 10.0 Å². The molecule has 6 nitrogen and oxygen atoms in total. The molecule has 0 unspecified atom stereocenters. The Hall–Kier alpha value is -3.32. The fraction of sp³-hybridized carbons (Fsp3) is 0.269. The van der Waals surface area contributed by atoms with E-state index in [1.165, 1.54) is 6.07 Å². The fourth-order valence-electron chi connectivity index (χ4n) is 3.43. The van der Waals surface area contributed by atoms with Crippen molar-refractivity contribution >= 4 is 21.6 Å². The number of para-hydroxylation sites is 2. The predicted molar refractivity (Wildman–Crippen MR) is 132 cm³/mol. The summed E-state index contributed by atoms with van der Waals surface area (Å²) in [6, 6.07) is 19.6. The van der Waals surface area contributed by atoms with Crippen molar-refractivity contribution in [2.75, 3.05) is 17.9 Å². The molecule has 7 heteroatoms. The summed E-state index contributed by atoms with van der Waals surface area (Å²) in [4.78, 5) is 12.7. The lowest BCUT2D eigenvalue weighted by atomic mass is 10.0. The lowest BCUT2D eigenvalue weighted by Gasteiger charge is -2.15. The molecule has 3 aromatic rings. The molecular formula is C26H30N2O4S. The van der Waals surface area contributed by atoms with Crippen LogP contribution in [0, 0.1) is 13.8 Å². The van der Waals surface area contributed by atoms with E-state index >= 15 is 0 Å². The number of hydrogen-bond acceptors (Lipinski definition) is 4. The molecule has 0 aliphatic rings. The van der Waals surface area contributed by atoms with Gasteiger partial charge >= 0.3 is 0 Å². The molecule has 3 rings (SSSR count). The van der Waals surface area contributed by atoms with E-state index in [2.05, 4.69) is 23.9 Å². The summed E-state index contributed by atoms with van der Waals surface area (Å²) >= 11 is 0. The number of anilines is 1. The Morgan fingerprint density at radius 2 is 1.64 bits per heavy atom. The zero-order valence-corrected chi connectivity index (χ0v) is 20.2. The number of aryl methyl sites for hydroxylation is 2. The SMILES string of the molecule is Cc1ccccc1NS(=O)(=O)c1cc(C(=O)NCCOc2ccccc2C(C)C)ccc1C. The highest BCUT2D eigenvalue weighted by molar-refractivity contribution is 7.92. The zero-order valence-electron chi connectivity index (χ0n) is 19.4. The van der Waals surface area contributed by atoms with Crippen molar-refractivity contribution in [2.24, 2.45) is 0 Å². The maximum Gasteiger partial charge on any atom is 0.262 e. The Bertz CT molecular complexity index is 1240. The monoisotopic (exact) mass is 466 g/mol. The molecule has 1 amide bonds. The lowest BCUT2D eigenvalue weighted by molar-refractivity contribution is 0.0946.